The van der Waals surface area contributed by atoms with Crippen molar-refractivity contribution < 1.29 is 15.0 Å². The van der Waals surface area contributed by atoms with Gasteiger partial charge in [0.2, 0.25) is 0 Å². The first-order valence-electron chi connectivity index (χ1n) is 5.78. The van der Waals surface area contributed by atoms with E-state index in [0.717, 1.165) is 17.2 Å². The summed E-state index contributed by atoms with van der Waals surface area (Å²) in [6.07, 6.45) is 0.317. The first kappa shape index (κ1) is 14.7. The van der Waals surface area contributed by atoms with Gasteiger partial charge in [0.25, 0.3) is 0 Å². The Bertz CT molecular complexity index is 467. The number of rotatable bonds is 3. The fourth-order valence-electron chi connectivity index (χ4n) is 1.46. The third-order valence-corrected chi connectivity index (χ3v) is 2.41. The summed E-state index contributed by atoms with van der Waals surface area (Å²) in [4.78, 5) is 9.25. The molecule has 3 heteroatoms. The van der Waals surface area contributed by atoms with Crippen LogP contribution in [0.4, 0.5) is 0 Å². The number of benzene rings is 2. The molecule has 2 aromatic carbocycles. The second kappa shape index (κ2) is 7.84. The van der Waals surface area contributed by atoms with Gasteiger partial charge in [-0.1, -0.05) is 67.2 Å². The van der Waals surface area contributed by atoms with Gasteiger partial charge in [-0.05, 0) is 11.1 Å². The van der Waals surface area contributed by atoms with Crippen molar-refractivity contribution in [1.82, 2.24) is 0 Å². The molecule has 0 amide bonds. The van der Waals surface area contributed by atoms with Gasteiger partial charge < -0.3 is 10.2 Å². The first-order valence-corrected chi connectivity index (χ1v) is 5.78. The van der Waals surface area contributed by atoms with Gasteiger partial charge in [0.15, 0.2) is 0 Å². The lowest BCUT2D eigenvalue weighted by atomic mass is 10.0. The fraction of sp³-hybridized carbons (Fsp3) is 0.0625. The summed E-state index contributed by atoms with van der Waals surface area (Å²) in [5.74, 6) is -0.981. The van der Waals surface area contributed by atoms with E-state index in [9.17, 15) is 9.90 Å². The number of aliphatic carboxylic acids is 1. The van der Waals surface area contributed by atoms with Crippen LogP contribution in [0.15, 0.2) is 73.3 Å². The Morgan fingerprint density at radius 3 is 1.53 bits per heavy atom. The predicted molar refractivity (Wildman–Crippen MR) is 74.8 cm³/mol. The number of carbonyl (C=O) groups is 1. The standard InChI is InChI=1S/C13H12O.C3H4O2/c14-13(11-7-3-1-4-8-11)12-9-5-2-6-10-12;1-2-3(4)5/h1-10,13-14H;2H,1H2,(H,4,5). The van der Waals surface area contributed by atoms with Crippen LogP contribution in [0.1, 0.15) is 17.2 Å². The quantitative estimate of drug-likeness (QED) is 0.830. The number of hydrogen-bond donors (Lipinski definition) is 2. The van der Waals surface area contributed by atoms with Crippen LogP contribution in [-0.2, 0) is 4.79 Å². The monoisotopic (exact) mass is 256 g/mol. The molecule has 2 N–H and O–H groups in total. The average Bonchev–Trinajstić information content (AvgIpc) is 2.49. The normalized spacial score (nSPS) is 9.37. The molecule has 0 heterocycles. The van der Waals surface area contributed by atoms with E-state index < -0.39 is 12.1 Å². The molecule has 0 aliphatic heterocycles. The summed E-state index contributed by atoms with van der Waals surface area (Å²) in [6, 6.07) is 19.3. The topological polar surface area (TPSA) is 57.5 Å². The molecule has 0 atom stereocenters. The van der Waals surface area contributed by atoms with Crippen molar-refractivity contribution in [3.63, 3.8) is 0 Å². The lowest BCUT2D eigenvalue weighted by Crippen LogP contribution is -1.98. The van der Waals surface area contributed by atoms with Crippen molar-refractivity contribution in [3.05, 3.63) is 84.4 Å². The first-order chi connectivity index (χ1) is 9.15. The number of aliphatic hydroxyl groups is 1. The van der Waals surface area contributed by atoms with Crippen LogP contribution in [0.2, 0.25) is 0 Å². The Morgan fingerprint density at radius 2 is 1.26 bits per heavy atom. The summed E-state index contributed by atoms with van der Waals surface area (Å²) in [5.41, 5.74) is 1.86. The summed E-state index contributed by atoms with van der Waals surface area (Å²) < 4.78 is 0. The van der Waals surface area contributed by atoms with E-state index in [0.29, 0.717) is 0 Å². The van der Waals surface area contributed by atoms with Gasteiger partial charge in [-0.2, -0.15) is 0 Å². The lowest BCUT2D eigenvalue weighted by molar-refractivity contribution is -0.131. The largest absolute Gasteiger partial charge is 0.478 e. The van der Waals surface area contributed by atoms with Gasteiger partial charge in [-0.15, -0.1) is 0 Å². The molecule has 0 saturated carbocycles. The van der Waals surface area contributed by atoms with Gasteiger partial charge in [0.1, 0.15) is 6.10 Å². The molecule has 98 valence electrons. The molecular formula is C16H16O3. The van der Waals surface area contributed by atoms with Gasteiger partial charge in [-0.25, -0.2) is 4.79 Å². The zero-order valence-electron chi connectivity index (χ0n) is 10.4. The zero-order chi connectivity index (χ0) is 14.1. The second-order valence-electron chi connectivity index (χ2n) is 3.77. The minimum atomic E-state index is -0.981. The Hall–Kier alpha value is -2.39. The van der Waals surface area contributed by atoms with Crippen molar-refractivity contribution in [2.24, 2.45) is 0 Å². The van der Waals surface area contributed by atoms with E-state index in [1.807, 2.05) is 60.7 Å². The molecule has 0 fully saturated rings. The van der Waals surface area contributed by atoms with E-state index in [1.54, 1.807) is 0 Å². The van der Waals surface area contributed by atoms with Crippen LogP contribution in [0.3, 0.4) is 0 Å². The smallest absolute Gasteiger partial charge is 0.327 e. The van der Waals surface area contributed by atoms with E-state index in [2.05, 4.69) is 6.58 Å². The molecule has 0 radical (unpaired) electrons. The highest BCUT2D eigenvalue weighted by Crippen LogP contribution is 2.20. The molecule has 0 bridgehead atoms. The molecular weight excluding hydrogens is 240 g/mol. The highest BCUT2D eigenvalue weighted by Gasteiger charge is 2.07. The van der Waals surface area contributed by atoms with Crippen LogP contribution in [0, 0.1) is 0 Å². The third-order valence-electron chi connectivity index (χ3n) is 2.41. The highest BCUT2D eigenvalue weighted by atomic mass is 16.4. The molecule has 0 saturated heterocycles. The van der Waals surface area contributed by atoms with Crippen LogP contribution >= 0.6 is 0 Å². The van der Waals surface area contributed by atoms with E-state index in [1.165, 1.54) is 0 Å². The zero-order valence-corrected chi connectivity index (χ0v) is 10.4. The minimum Gasteiger partial charge on any atom is -0.478 e. The molecule has 3 nitrogen and oxygen atoms in total. The van der Waals surface area contributed by atoms with Gasteiger partial charge >= 0.3 is 5.97 Å². The second-order valence-corrected chi connectivity index (χ2v) is 3.77. The molecule has 0 aliphatic carbocycles. The van der Waals surface area contributed by atoms with Crippen LogP contribution in [-0.4, -0.2) is 16.2 Å². The van der Waals surface area contributed by atoms with Gasteiger partial charge in [0, 0.05) is 6.08 Å². The molecule has 0 aromatic heterocycles. The molecule has 0 spiro atoms. The minimum absolute atomic E-state index is 0.516. The number of aliphatic hydroxyl groups excluding tert-OH is 1. The van der Waals surface area contributed by atoms with E-state index in [4.69, 9.17) is 5.11 Å². The van der Waals surface area contributed by atoms with Crippen molar-refractivity contribution in [2.75, 3.05) is 0 Å². The van der Waals surface area contributed by atoms with Gasteiger partial charge in [-0.3, -0.25) is 0 Å². The Kier molecular flexibility index (Phi) is 6.06. The maximum atomic E-state index is 9.99. The summed E-state index contributed by atoms with van der Waals surface area (Å²) >= 11 is 0. The Morgan fingerprint density at radius 1 is 0.947 bits per heavy atom. The van der Waals surface area contributed by atoms with Crippen molar-refractivity contribution in [1.29, 1.82) is 0 Å². The maximum Gasteiger partial charge on any atom is 0.327 e. The molecule has 19 heavy (non-hydrogen) atoms. The lowest BCUT2D eigenvalue weighted by Gasteiger charge is -2.10. The highest BCUT2D eigenvalue weighted by molar-refractivity contribution is 5.78. The summed E-state index contributed by atoms with van der Waals surface area (Å²) in [6.45, 7) is 2.96. The van der Waals surface area contributed by atoms with Crippen molar-refractivity contribution in [3.8, 4) is 0 Å². The summed E-state index contributed by atoms with van der Waals surface area (Å²) in [7, 11) is 0. The maximum absolute atomic E-state index is 9.99. The van der Waals surface area contributed by atoms with Crippen LogP contribution in [0.25, 0.3) is 0 Å². The third kappa shape index (κ3) is 5.19. The Labute approximate surface area is 112 Å². The van der Waals surface area contributed by atoms with E-state index in [-0.39, 0.29) is 0 Å². The summed E-state index contributed by atoms with van der Waals surface area (Å²) in [5, 5.41) is 17.6. The molecule has 2 rings (SSSR count). The fourth-order valence-corrected chi connectivity index (χ4v) is 1.46. The number of hydrogen-bond acceptors (Lipinski definition) is 2. The van der Waals surface area contributed by atoms with Crippen LogP contribution in [0.5, 0.6) is 0 Å². The SMILES string of the molecule is C=CC(=O)O.OC(c1ccccc1)c1ccccc1. The van der Waals surface area contributed by atoms with Crippen molar-refractivity contribution >= 4 is 5.97 Å². The predicted octanol–water partition coefficient (Wildman–Crippen LogP) is 3.03. The average molecular weight is 256 g/mol. The molecule has 0 unspecified atom stereocenters. The van der Waals surface area contributed by atoms with Crippen LogP contribution < -0.4 is 0 Å². The Balaban J connectivity index is 0.000000312. The molecule has 2 aromatic rings. The van der Waals surface area contributed by atoms with Crippen molar-refractivity contribution in [2.45, 2.75) is 6.10 Å². The number of carboxylic acid groups (broad SMARTS) is 1. The van der Waals surface area contributed by atoms with E-state index >= 15 is 0 Å². The molecule has 0 aliphatic rings. The number of carboxylic acids is 1. The van der Waals surface area contributed by atoms with Gasteiger partial charge in [0.05, 0.1) is 0 Å².